The molecule has 0 aromatic heterocycles. The molecule has 0 spiro atoms. The summed E-state index contributed by atoms with van der Waals surface area (Å²) in [6, 6.07) is 8.09. The predicted octanol–water partition coefficient (Wildman–Crippen LogP) is 2.94. The number of rotatable bonds is 5. The van der Waals surface area contributed by atoms with Crippen LogP contribution in [0, 0.1) is 0 Å². The van der Waals surface area contributed by atoms with E-state index in [1.165, 1.54) is 5.56 Å². The van der Waals surface area contributed by atoms with Crippen LogP contribution in [0.1, 0.15) is 38.3 Å². The fourth-order valence-electron chi connectivity index (χ4n) is 1.64. The molecule has 17 heavy (non-hydrogen) atoms. The number of hydrogen-bond acceptors (Lipinski definition) is 2. The van der Waals surface area contributed by atoms with Gasteiger partial charge in [-0.1, -0.05) is 43.4 Å². The lowest BCUT2D eigenvalue weighted by atomic mass is 9.98. The van der Waals surface area contributed by atoms with Crippen molar-refractivity contribution in [2.45, 2.75) is 39.3 Å². The lowest BCUT2D eigenvalue weighted by molar-refractivity contribution is 0.143. The molecular weight excluding hydrogens is 228 g/mol. The molecule has 0 aliphatic heterocycles. The SMILES string of the molecule is CCC(C)(C)N(C)Cc1ccccc1C(N)=S. The summed E-state index contributed by atoms with van der Waals surface area (Å²) in [5, 5.41) is 0. The molecule has 2 nitrogen and oxygen atoms in total. The second-order valence-electron chi connectivity index (χ2n) is 5.04. The number of nitrogens with zero attached hydrogens (tertiary/aromatic N) is 1. The van der Waals surface area contributed by atoms with Gasteiger partial charge in [0.2, 0.25) is 0 Å². The fraction of sp³-hybridized carbons (Fsp3) is 0.500. The quantitative estimate of drug-likeness (QED) is 0.815. The lowest BCUT2D eigenvalue weighted by Gasteiger charge is -2.35. The highest BCUT2D eigenvalue weighted by Gasteiger charge is 2.21. The van der Waals surface area contributed by atoms with Crippen LogP contribution in [0.5, 0.6) is 0 Å². The molecule has 0 heterocycles. The largest absolute Gasteiger partial charge is 0.389 e. The molecule has 0 fully saturated rings. The third kappa shape index (κ3) is 3.51. The average molecular weight is 250 g/mol. The highest BCUT2D eigenvalue weighted by Crippen LogP contribution is 2.20. The summed E-state index contributed by atoms with van der Waals surface area (Å²) in [5.74, 6) is 0. The second-order valence-corrected chi connectivity index (χ2v) is 5.48. The third-order valence-electron chi connectivity index (χ3n) is 3.59. The van der Waals surface area contributed by atoms with E-state index in [1.54, 1.807) is 0 Å². The molecular formula is C14H22N2S. The molecule has 1 aromatic carbocycles. The van der Waals surface area contributed by atoms with E-state index in [9.17, 15) is 0 Å². The molecule has 1 aromatic rings. The molecule has 0 saturated carbocycles. The first kappa shape index (κ1) is 14.1. The Hall–Kier alpha value is -0.930. The van der Waals surface area contributed by atoms with Crippen LogP contribution in [0.2, 0.25) is 0 Å². The first-order valence-corrected chi connectivity index (χ1v) is 6.38. The van der Waals surface area contributed by atoms with E-state index >= 15 is 0 Å². The maximum Gasteiger partial charge on any atom is 0.104 e. The Morgan fingerprint density at radius 1 is 1.35 bits per heavy atom. The van der Waals surface area contributed by atoms with E-state index in [-0.39, 0.29) is 5.54 Å². The number of thiocarbonyl (C=S) groups is 1. The summed E-state index contributed by atoms with van der Waals surface area (Å²) in [7, 11) is 2.14. The molecule has 0 radical (unpaired) electrons. The van der Waals surface area contributed by atoms with E-state index in [2.05, 4.69) is 38.8 Å². The zero-order valence-corrected chi connectivity index (χ0v) is 12.0. The van der Waals surface area contributed by atoms with E-state index < -0.39 is 0 Å². The van der Waals surface area contributed by atoms with Gasteiger partial charge in [0.25, 0.3) is 0 Å². The minimum atomic E-state index is 0.184. The van der Waals surface area contributed by atoms with Crippen molar-refractivity contribution in [1.82, 2.24) is 4.90 Å². The van der Waals surface area contributed by atoms with Gasteiger partial charge in [0.15, 0.2) is 0 Å². The van der Waals surface area contributed by atoms with Gasteiger partial charge in [0.1, 0.15) is 4.99 Å². The standard InChI is InChI=1S/C14H22N2S/c1-5-14(2,3)16(4)10-11-8-6-7-9-12(11)13(15)17/h6-9H,5,10H2,1-4H3,(H2,15,17). The maximum atomic E-state index is 5.74. The summed E-state index contributed by atoms with van der Waals surface area (Å²) in [5.41, 5.74) is 8.11. The molecule has 0 aliphatic rings. The second kappa shape index (κ2) is 5.61. The Bertz CT molecular complexity index is 399. The van der Waals surface area contributed by atoms with Gasteiger partial charge in [0, 0.05) is 17.6 Å². The molecule has 0 aliphatic carbocycles. The van der Waals surface area contributed by atoms with E-state index in [1.807, 2.05) is 18.2 Å². The molecule has 0 amide bonds. The smallest absolute Gasteiger partial charge is 0.104 e. The van der Waals surface area contributed by atoms with Crippen LogP contribution in [0.4, 0.5) is 0 Å². The van der Waals surface area contributed by atoms with Crippen LogP contribution < -0.4 is 5.73 Å². The average Bonchev–Trinajstić information content (AvgIpc) is 2.29. The van der Waals surface area contributed by atoms with Crippen molar-refractivity contribution in [3.8, 4) is 0 Å². The molecule has 1 rings (SSSR count). The summed E-state index contributed by atoms with van der Waals surface area (Å²) in [6.07, 6.45) is 1.11. The number of benzene rings is 1. The van der Waals surface area contributed by atoms with Crippen LogP contribution >= 0.6 is 12.2 Å². The summed E-state index contributed by atoms with van der Waals surface area (Å²) < 4.78 is 0. The molecule has 0 unspecified atom stereocenters. The summed E-state index contributed by atoms with van der Waals surface area (Å²) in [4.78, 5) is 2.81. The van der Waals surface area contributed by atoms with Crippen LogP contribution in [0.25, 0.3) is 0 Å². The van der Waals surface area contributed by atoms with Crippen molar-refractivity contribution < 1.29 is 0 Å². The van der Waals surface area contributed by atoms with Crippen molar-refractivity contribution >= 4 is 17.2 Å². The van der Waals surface area contributed by atoms with Gasteiger partial charge in [-0.2, -0.15) is 0 Å². The van der Waals surface area contributed by atoms with Gasteiger partial charge in [0.05, 0.1) is 0 Å². The van der Waals surface area contributed by atoms with Gasteiger partial charge in [-0.05, 0) is 32.9 Å². The first-order chi connectivity index (χ1) is 7.88. The Balaban J connectivity index is 2.92. The Kier molecular flexibility index (Phi) is 4.66. The zero-order valence-electron chi connectivity index (χ0n) is 11.2. The Morgan fingerprint density at radius 3 is 2.47 bits per heavy atom. The van der Waals surface area contributed by atoms with Gasteiger partial charge in [-0.3, -0.25) is 4.90 Å². The first-order valence-electron chi connectivity index (χ1n) is 5.97. The van der Waals surface area contributed by atoms with E-state index in [0.717, 1.165) is 18.5 Å². The van der Waals surface area contributed by atoms with Crippen molar-refractivity contribution in [3.05, 3.63) is 35.4 Å². The van der Waals surface area contributed by atoms with Crippen LogP contribution in [-0.4, -0.2) is 22.5 Å². The normalized spacial score (nSPS) is 11.8. The van der Waals surface area contributed by atoms with Crippen LogP contribution in [0.15, 0.2) is 24.3 Å². The van der Waals surface area contributed by atoms with Gasteiger partial charge < -0.3 is 5.73 Å². The molecule has 3 heteroatoms. The van der Waals surface area contributed by atoms with Gasteiger partial charge in [-0.15, -0.1) is 0 Å². The third-order valence-corrected chi connectivity index (χ3v) is 3.81. The summed E-state index contributed by atoms with van der Waals surface area (Å²) in [6.45, 7) is 7.57. The highest BCUT2D eigenvalue weighted by atomic mass is 32.1. The van der Waals surface area contributed by atoms with Crippen LogP contribution in [0.3, 0.4) is 0 Å². The number of hydrogen-bond donors (Lipinski definition) is 1. The minimum absolute atomic E-state index is 0.184. The molecule has 0 atom stereocenters. The fourth-order valence-corrected chi connectivity index (χ4v) is 1.84. The van der Waals surface area contributed by atoms with Crippen molar-refractivity contribution in [1.29, 1.82) is 0 Å². The molecule has 94 valence electrons. The number of nitrogens with two attached hydrogens (primary N) is 1. The van der Waals surface area contributed by atoms with Gasteiger partial charge in [-0.25, -0.2) is 0 Å². The molecule has 2 N–H and O–H groups in total. The van der Waals surface area contributed by atoms with Gasteiger partial charge >= 0.3 is 0 Å². The van der Waals surface area contributed by atoms with Crippen molar-refractivity contribution in [2.24, 2.45) is 5.73 Å². The van der Waals surface area contributed by atoms with E-state index in [0.29, 0.717) is 4.99 Å². The Morgan fingerprint density at radius 2 is 1.94 bits per heavy atom. The summed E-state index contributed by atoms with van der Waals surface area (Å²) >= 11 is 5.08. The predicted molar refractivity (Wildman–Crippen MR) is 78.2 cm³/mol. The Labute approximate surface area is 110 Å². The molecule has 0 saturated heterocycles. The molecule has 0 bridgehead atoms. The zero-order chi connectivity index (χ0) is 13.1. The van der Waals surface area contributed by atoms with E-state index in [4.69, 9.17) is 18.0 Å². The van der Waals surface area contributed by atoms with Crippen molar-refractivity contribution in [2.75, 3.05) is 7.05 Å². The topological polar surface area (TPSA) is 29.3 Å². The lowest BCUT2D eigenvalue weighted by Crippen LogP contribution is -2.40. The monoisotopic (exact) mass is 250 g/mol. The highest BCUT2D eigenvalue weighted by molar-refractivity contribution is 7.80. The van der Waals surface area contributed by atoms with Crippen LogP contribution in [-0.2, 0) is 6.54 Å². The van der Waals surface area contributed by atoms with Crippen molar-refractivity contribution in [3.63, 3.8) is 0 Å². The maximum absolute atomic E-state index is 5.74. The minimum Gasteiger partial charge on any atom is -0.389 e.